The molecule has 6 N–H and O–H groups in total. The molecule has 11 heterocycles. The van der Waals surface area contributed by atoms with E-state index in [2.05, 4.69) is 73.3 Å². The molecule has 747 valence electrons. The summed E-state index contributed by atoms with van der Waals surface area (Å²) in [4.78, 5) is 69.5. The van der Waals surface area contributed by atoms with Crippen LogP contribution in [0.5, 0.6) is 5.75 Å². The highest BCUT2D eigenvalue weighted by molar-refractivity contribution is 9.11. The molecule has 0 spiro atoms. The first-order chi connectivity index (χ1) is 62.2. The molecule has 3 aromatic carbocycles. The molecule has 34 nitrogen and oxygen atoms in total. The van der Waals surface area contributed by atoms with Gasteiger partial charge in [-0.2, -0.15) is 28.8 Å². The largest absolute Gasteiger partial charge is 0.499 e. The van der Waals surface area contributed by atoms with E-state index in [4.69, 9.17) is 97.4 Å². The number of carbonyl (C=O) groups is 5. The van der Waals surface area contributed by atoms with Crippen LogP contribution in [-0.2, 0) is 68.9 Å². The molecule has 0 aliphatic carbocycles. The summed E-state index contributed by atoms with van der Waals surface area (Å²) in [5.74, 6) is 2.36. The number of H-pyrrole nitrogens is 1. The number of alkyl halides is 1. The van der Waals surface area contributed by atoms with Gasteiger partial charge >= 0.3 is 45.9 Å². The van der Waals surface area contributed by atoms with Gasteiger partial charge in [-0.1, -0.05) is 53.5 Å². The molecule has 6 fully saturated rings. The van der Waals surface area contributed by atoms with Crippen LogP contribution in [0.2, 0.25) is 10.3 Å². The van der Waals surface area contributed by atoms with Gasteiger partial charge in [0, 0.05) is 93.2 Å². The number of aromatic nitrogens is 8. The molecule has 0 saturated carbocycles. The molecule has 44 heteroatoms. The maximum absolute atomic E-state index is 12.9. The Morgan fingerprint density at radius 2 is 0.978 bits per heavy atom. The Kier molecular flexibility index (Phi) is 38.6. The van der Waals surface area contributed by atoms with E-state index in [1.54, 1.807) is 46.8 Å². The second-order valence-corrected chi connectivity index (χ2v) is 46.2. The van der Waals surface area contributed by atoms with Gasteiger partial charge in [0.15, 0.2) is 16.1 Å². The van der Waals surface area contributed by atoms with E-state index in [0.29, 0.717) is 99.6 Å². The van der Waals surface area contributed by atoms with Gasteiger partial charge in [-0.3, -0.25) is 28.1 Å². The molecule has 7 aliphatic rings. The number of likely N-dealkylation sites (tertiary alicyclic amines) is 4. The number of amides is 5. The molecule has 5 amide bonds. The number of nitrogens with two attached hydrogens (primary N) is 2. The Bertz CT molecular complexity index is 5080. The molecular formula is C91H137B3Br3Cl3N15O19S. The van der Waals surface area contributed by atoms with Crippen LogP contribution in [0.4, 0.5) is 36.5 Å². The number of methoxy groups -OCH3 is 1. The second-order valence-electron chi connectivity index (χ2n) is 41.0. The van der Waals surface area contributed by atoms with Crippen molar-refractivity contribution in [2.24, 2.45) is 0 Å². The summed E-state index contributed by atoms with van der Waals surface area (Å²) in [6.07, 6.45) is 12.9. The predicted octanol–water partition coefficient (Wildman–Crippen LogP) is 18.7. The third-order valence-corrected chi connectivity index (χ3v) is 27.3. The van der Waals surface area contributed by atoms with Crippen LogP contribution in [0.3, 0.4) is 0 Å². The number of aliphatic hydroxyl groups is 1. The lowest BCUT2D eigenvalue weighted by atomic mass is 9.55. The van der Waals surface area contributed by atoms with Gasteiger partial charge in [-0.05, 0) is 306 Å². The van der Waals surface area contributed by atoms with E-state index in [1.165, 1.54) is 7.37 Å². The average molecular weight is 2160 g/mol. The molecule has 7 aromatic rings. The first kappa shape index (κ1) is 113. The fraction of sp³-hybridized carbons (Fsp3) is 0.637. The zero-order valence-corrected chi connectivity index (χ0v) is 90.6. The fourth-order valence-electron chi connectivity index (χ4n) is 14.3. The summed E-state index contributed by atoms with van der Waals surface area (Å²) in [7, 11) is -1.31. The lowest BCUT2D eigenvalue weighted by molar-refractivity contribution is -0.0894. The number of hydrogen-bond donors (Lipinski definition) is 4. The SMILES string of the molecule is CC(C)(C)OC(=O)N1CCC(OS(C)(=O)=O)CC1.CC(C)(C)OC(=O)N1CCC(n2cc(B3OC(C)(C)C(C)(C)O3)c(Cl)n2)CC1.CC(C)(C)OC(=O)N1CCC(n2cc(Br)c(Cl)n2)CC1.CC(C)(C)OC(=O)N1CCC(n2cc(Br)c(N)n2)CC1.CC(C)(O)C(C)(C)O[B]B1OC(C)(C)C(C)(C)O1.COc1ccc(CN2C(=O)c3cccc4c(CCl)ccc2c34)cc1.Nc1[nH]ncc1Br. The van der Waals surface area contributed by atoms with E-state index in [0.717, 1.165) is 103 Å². The maximum Gasteiger partial charge on any atom is 0.499 e. The van der Waals surface area contributed by atoms with E-state index in [1.807, 2.05) is 244 Å². The first-order valence-corrected chi connectivity index (χ1v) is 50.6. The van der Waals surface area contributed by atoms with Gasteiger partial charge in [0.2, 0.25) is 0 Å². The number of nitrogens with zero attached hydrogens (tertiary/aromatic N) is 12. The number of benzene rings is 3. The van der Waals surface area contributed by atoms with Crippen molar-refractivity contribution in [1.82, 2.24) is 59.1 Å². The topological polar surface area (TPSA) is 392 Å². The number of anilines is 3. The van der Waals surface area contributed by atoms with Crippen molar-refractivity contribution in [3.8, 4) is 5.75 Å². The van der Waals surface area contributed by atoms with Crippen LogP contribution in [0, 0.1) is 0 Å². The standard InChI is InChI=1S/C20H16ClNO2.C19H31BClN3O4.C13H19BrClN3O2.C13H21BrN4O2.C12H25B2O4.C11H21NO5S.C3H4BrN3/c1-24-15-8-5-13(6-9-15)12-22-18-10-7-14(11-21)16-3-2-4-17(19(16)18)20(22)23;1-17(2,3)26-16(25)23-10-8-13(9-11-23)24-12-14(15(21)22-24)20-27-18(4,5)19(6,7)28-20;2*1-13(2,3)20-12(19)17-6-4-9(5-7-17)18-8-10(14)11(15)16-18;1-9(2,15)10(3,4)16-13-14-17-11(5,6)12(7,8)18-14;1-11(2,3)16-10(13)12-7-5-9(6-8-12)17-18(4,14)15;4-2-1-6-7-3(2)5/h2-10H,11-12H2,1H3;12-13H,8-11H2,1-7H3;8-9H,4-7H2,1-3H3;8-9H,4-7H2,1-3H3,(H2,15,16);15H,1-8H3;9H,5-8H2,1-4H3;1H,(H3,5,6,7). The monoisotopic (exact) mass is 2150 g/mol. The van der Waals surface area contributed by atoms with Crippen molar-refractivity contribution in [2.75, 3.05) is 82.1 Å². The summed E-state index contributed by atoms with van der Waals surface area (Å²) in [6.45, 7) is 50.8. The van der Waals surface area contributed by atoms with Crippen LogP contribution >= 0.6 is 82.6 Å². The van der Waals surface area contributed by atoms with Gasteiger partial charge in [0.1, 0.15) is 34.0 Å². The van der Waals surface area contributed by atoms with Crippen molar-refractivity contribution >= 4 is 178 Å². The van der Waals surface area contributed by atoms with E-state index in [-0.39, 0.29) is 65.7 Å². The highest BCUT2D eigenvalue weighted by atomic mass is 79.9. The summed E-state index contributed by atoms with van der Waals surface area (Å²) in [5.41, 5.74) is 10.4. The lowest BCUT2D eigenvalue weighted by Crippen LogP contribution is -2.50. The Hall–Kier alpha value is -7.12. The lowest BCUT2D eigenvalue weighted by Gasteiger charge is -2.37. The predicted molar refractivity (Wildman–Crippen MR) is 538 cm³/mol. The number of nitrogen functional groups attached to an aromatic ring is 2. The highest BCUT2D eigenvalue weighted by Crippen LogP contribution is 2.43. The summed E-state index contributed by atoms with van der Waals surface area (Å²) in [6, 6.07) is 18.4. The molecule has 1 radical (unpaired) electrons. The smallest absolute Gasteiger partial charge is 0.497 e. The molecule has 4 aromatic heterocycles. The van der Waals surface area contributed by atoms with Crippen molar-refractivity contribution in [2.45, 2.75) is 310 Å². The van der Waals surface area contributed by atoms with E-state index in [9.17, 15) is 37.5 Å². The Morgan fingerprint density at radius 3 is 1.33 bits per heavy atom. The minimum absolute atomic E-state index is 0.0399. The molecule has 0 atom stereocenters. The van der Waals surface area contributed by atoms with Crippen LogP contribution in [0.25, 0.3) is 10.8 Å². The van der Waals surface area contributed by atoms with Crippen molar-refractivity contribution in [3.05, 3.63) is 120 Å². The minimum Gasteiger partial charge on any atom is -0.497 e. The number of aromatic amines is 1. The number of rotatable bonds is 14. The number of ether oxygens (including phenoxy) is 5. The van der Waals surface area contributed by atoms with Crippen LogP contribution in [0.1, 0.15) is 257 Å². The van der Waals surface area contributed by atoms with E-state index >= 15 is 0 Å². The van der Waals surface area contributed by atoms with Gasteiger partial charge in [-0.25, -0.2) is 19.2 Å². The quantitative estimate of drug-likeness (QED) is 0.0340. The molecule has 6 saturated heterocycles. The first-order valence-electron chi connectivity index (χ1n) is 45.1. The fourth-order valence-corrected chi connectivity index (χ4v) is 16.4. The average Bonchev–Trinajstić information content (AvgIpc) is 1.59. The molecule has 135 heavy (non-hydrogen) atoms. The maximum atomic E-state index is 12.9. The Balaban J connectivity index is 0.000000197. The molecule has 0 unspecified atom stereocenters. The third kappa shape index (κ3) is 32.7. The third-order valence-electron chi connectivity index (χ3n) is 23.8. The zero-order chi connectivity index (χ0) is 101. The van der Waals surface area contributed by atoms with Gasteiger partial charge in [0.05, 0.1) is 103 Å². The molecule has 7 aliphatic heterocycles. The molecular weight excluding hydrogens is 2020 g/mol. The van der Waals surface area contributed by atoms with Gasteiger partial charge in [0.25, 0.3) is 16.0 Å². The molecule has 0 bridgehead atoms. The normalized spacial score (nSPS) is 18.2. The summed E-state index contributed by atoms with van der Waals surface area (Å²) in [5, 5.41) is 32.1. The number of nitrogens with one attached hydrogen (secondary N) is 1. The van der Waals surface area contributed by atoms with Crippen LogP contribution in [0.15, 0.2) is 92.8 Å². The number of carbonyl (C=O) groups excluding carboxylic acids is 5. The van der Waals surface area contributed by atoms with Crippen molar-refractivity contribution < 1.29 is 88.6 Å². The van der Waals surface area contributed by atoms with Gasteiger partial charge < -0.3 is 88.0 Å². The number of piperidine rings is 4. The van der Waals surface area contributed by atoms with Gasteiger partial charge in [-0.15, -0.1) is 11.6 Å². The zero-order valence-electron chi connectivity index (χ0n) is 82.8. The van der Waals surface area contributed by atoms with Crippen LogP contribution < -0.4 is 26.6 Å². The number of halogens is 6. The summed E-state index contributed by atoms with van der Waals surface area (Å²) < 4.78 is 91.0. The second kappa shape index (κ2) is 46.1. The summed E-state index contributed by atoms with van der Waals surface area (Å²) >= 11 is 28.2. The Labute approximate surface area is 837 Å². The molecule has 14 rings (SSSR count). The Morgan fingerprint density at radius 1 is 0.570 bits per heavy atom. The van der Waals surface area contributed by atoms with E-state index < -0.39 is 69.1 Å². The van der Waals surface area contributed by atoms with Crippen LogP contribution in [-0.4, -0.2) is 252 Å². The van der Waals surface area contributed by atoms with Crippen molar-refractivity contribution in [1.29, 1.82) is 0 Å². The highest BCUT2D eigenvalue weighted by Gasteiger charge is 2.54. The minimum atomic E-state index is -3.42. The number of hydrogen-bond acceptors (Lipinski definition) is 25. The van der Waals surface area contributed by atoms with Crippen molar-refractivity contribution in [3.63, 3.8) is 0 Å².